The molecule has 0 spiro atoms. The Labute approximate surface area is 170 Å². The first-order valence-electron chi connectivity index (χ1n) is 9.14. The van der Waals surface area contributed by atoms with Crippen LogP contribution in [0, 0.1) is 0 Å². The largest absolute Gasteiger partial charge is 0.378 e. The highest BCUT2D eigenvalue weighted by atomic mass is 32.2. The molecule has 1 fully saturated rings. The fraction of sp³-hybridized carbons (Fsp3) is 0.300. The van der Waals surface area contributed by atoms with E-state index in [1.807, 2.05) is 6.07 Å². The number of amides is 2. The molecule has 1 aliphatic rings. The first-order chi connectivity index (χ1) is 13.8. The molecule has 0 radical (unpaired) electrons. The van der Waals surface area contributed by atoms with E-state index in [0.29, 0.717) is 43.2 Å². The summed E-state index contributed by atoms with van der Waals surface area (Å²) in [6.07, 6.45) is 1.04. The van der Waals surface area contributed by atoms with Crippen LogP contribution in [-0.4, -0.2) is 64.2 Å². The van der Waals surface area contributed by atoms with E-state index in [9.17, 15) is 18.0 Å². The predicted octanol–water partition coefficient (Wildman–Crippen LogP) is 1.56. The molecule has 0 saturated carbocycles. The van der Waals surface area contributed by atoms with Gasteiger partial charge in [-0.2, -0.15) is 0 Å². The Morgan fingerprint density at radius 1 is 1.03 bits per heavy atom. The summed E-state index contributed by atoms with van der Waals surface area (Å²) in [5.41, 5.74) is 1.35. The van der Waals surface area contributed by atoms with Gasteiger partial charge in [0.2, 0.25) is 15.9 Å². The summed E-state index contributed by atoms with van der Waals surface area (Å²) in [5.74, 6) is -0.595. The molecule has 0 aliphatic carbocycles. The van der Waals surface area contributed by atoms with Crippen molar-refractivity contribution in [1.82, 2.24) is 4.90 Å². The van der Waals surface area contributed by atoms with E-state index in [-0.39, 0.29) is 12.5 Å². The Hall–Kier alpha value is -2.91. The number of nitrogens with zero attached hydrogens (tertiary/aromatic N) is 2. The van der Waals surface area contributed by atoms with Crippen LogP contribution in [0.3, 0.4) is 0 Å². The van der Waals surface area contributed by atoms with Gasteiger partial charge in [0.1, 0.15) is 6.54 Å². The third kappa shape index (κ3) is 5.55. The summed E-state index contributed by atoms with van der Waals surface area (Å²) >= 11 is 0. The zero-order valence-corrected chi connectivity index (χ0v) is 16.9. The number of morpholine rings is 1. The monoisotopic (exact) mass is 417 g/mol. The van der Waals surface area contributed by atoms with Crippen LogP contribution in [0.15, 0.2) is 54.6 Å². The number of hydrogen-bond acceptors (Lipinski definition) is 5. The maximum Gasteiger partial charge on any atom is 0.254 e. The molecule has 154 valence electrons. The van der Waals surface area contributed by atoms with E-state index < -0.39 is 15.9 Å². The third-order valence-corrected chi connectivity index (χ3v) is 5.59. The smallest absolute Gasteiger partial charge is 0.254 e. The molecule has 2 aromatic rings. The molecule has 2 aromatic carbocycles. The van der Waals surface area contributed by atoms with Crippen molar-refractivity contribution in [3.63, 3.8) is 0 Å². The number of anilines is 2. The first kappa shape index (κ1) is 20.8. The van der Waals surface area contributed by atoms with E-state index in [1.165, 1.54) is 12.1 Å². The lowest BCUT2D eigenvalue weighted by Gasteiger charge is -2.27. The molecule has 0 aromatic heterocycles. The molecule has 2 amide bonds. The van der Waals surface area contributed by atoms with Gasteiger partial charge in [-0.05, 0) is 36.4 Å². The van der Waals surface area contributed by atoms with E-state index >= 15 is 0 Å². The van der Waals surface area contributed by atoms with Crippen LogP contribution in [0.2, 0.25) is 0 Å². The van der Waals surface area contributed by atoms with E-state index in [2.05, 4.69) is 5.32 Å². The molecule has 1 aliphatic heterocycles. The molecule has 1 heterocycles. The van der Waals surface area contributed by atoms with Crippen LogP contribution in [-0.2, 0) is 19.6 Å². The molecule has 9 heteroatoms. The van der Waals surface area contributed by atoms with Crippen LogP contribution < -0.4 is 9.62 Å². The van der Waals surface area contributed by atoms with Crippen molar-refractivity contribution in [3.8, 4) is 0 Å². The van der Waals surface area contributed by atoms with Crippen molar-refractivity contribution in [2.75, 3.05) is 48.7 Å². The highest BCUT2D eigenvalue weighted by Crippen LogP contribution is 2.20. The van der Waals surface area contributed by atoms with Gasteiger partial charge in [0.15, 0.2) is 0 Å². The molecule has 1 saturated heterocycles. The summed E-state index contributed by atoms with van der Waals surface area (Å²) in [7, 11) is -3.70. The molecule has 8 nitrogen and oxygen atoms in total. The fourth-order valence-corrected chi connectivity index (χ4v) is 3.83. The van der Waals surface area contributed by atoms with Gasteiger partial charge in [-0.15, -0.1) is 0 Å². The lowest BCUT2D eigenvalue weighted by atomic mass is 10.1. The molecule has 3 rings (SSSR count). The number of sulfonamides is 1. The van der Waals surface area contributed by atoms with Gasteiger partial charge in [-0.25, -0.2) is 8.42 Å². The summed E-state index contributed by atoms with van der Waals surface area (Å²) in [5, 5.41) is 2.67. The van der Waals surface area contributed by atoms with Crippen molar-refractivity contribution < 1.29 is 22.7 Å². The van der Waals surface area contributed by atoms with Crippen molar-refractivity contribution >= 4 is 33.2 Å². The number of hydrogen-bond donors (Lipinski definition) is 1. The minimum Gasteiger partial charge on any atom is -0.378 e. The summed E-state index contributed by atoms with van der Waals surface area (Å²) in [4.78, 5) is 26.6. The summed E-state index contributed by atoms with van der Waals surface area (Å²) in [6.45, 7) is 1.68. The number of carbonyl (C=O) groups is 2. The molecule has 0 bridgehead atoms. The number of benzene rings is 2. The Bertz CT molecular complexity index is 955. The summed E-state index contributed by atoms with van der Waals surface area (Å²) in [6, 6.07) is 15.0. The Balaban J connectivity index is 1.73. The number of ether oxygens (including phenoxy) is 1. The molecule has 0 unspecified atom stereocenters. The molecular weight excluding hydrogens is 394 g/mol. The zero-order valence-electron chi connectivity index (χ0n) is 16.1. The van der Waals surface area contributed by atoms with Crippen LogP contribution in [0.4, 0.5) is 11.4 Å². The minimum atomic E-state index is -3.70. The topological polar surface area (TPSA) is 96.0 Å². The van der Waals surface area contributed by atoms with Gasteiger partial charge in [0.25, 0.3) is 5.91 Å². The lowest BCUT2D eigenvalue weighted by Crippen LogP contribution is -2.40. The number of rotatable bonds is 6. The second-order valence-corrected chi connectivity index (χ2v) is 8.54. The van der Waals surface area contributed by atoms with Gasteiger partial charge in [0, 0.05) is 24.3 Å². The highest BCUT2D eigenvalue weighted by Gasteiger charge is 2.23. The van der Waals surface area contributed by atoms with Crippen molar-refractivity contribution in [3.05, 3.63) is 60.2 Å². The van der Waals surface area contributed by atoms with E-state index in [4.69, 9.17) is 4.74 Å². The van der Waals surface area contributed by atoms with E-state index in [0.717, 1.165) is 10.6 Å². The van der Waals surface area contributed by atoms with Gasteiger partial charge in [0.05, 0.1) is 25.2 Å². The van der Waals surface area contributed by atoms with Crippen molar-refractivity contribution in [2.24, 2.45) is 0 Å². The summed E-state index contributed by atoms with van der Waals surface area (Å²) < 4.78 is 30.7. The van der Waals surface area contributed by atoms with Crippen molar-refractivity contribution in [1.29, 1.82) is 0 Å². The number of nitrogens with one attached hydrogen (secondary N) is 1. The second-order valence-electron chi connectivity index (χ2n) is 6.64. The second kappa shape index (κ2) is 9.06. The maximum absolute atomic E-state index is 12.5. The average Bonchev–Trinajstić information content (AvgIpc) is 2.72. The minimum absolute atomic E-state index is 0.132. The first-order valence-corrected chi connectivity index (χ1v) is 11.0. The number of para-hydroxylation sites is 1. The van der Waals surface area contributed by atoms with Crippen LogP contribution in [0.1, 0.15) is 10.4 Å². The maximum atomic E-state index is 12.5. The zero-order chi connectivity index (χ0) is 20.9. The van der Waals surface area contributed by atoms with Gasteiger partial charge < -0.3 is 15.0 Å². The number of carbonyl (C=O) groups excluding carboxylic acids is 2. The Morgan fingerprint density at radius 2 is 1.66 bits per heavy atom. The van der Waals surface area contributed by atoms with Crippen LogP contribution in [0.25, 0.3) is 0 Å². The molecule has 1 N–H and O–H groups in total. The average molecular weight is 417 g/mol. The van der Waals surface area contributed by atoms with Crippen molar-refractivity contribution in [2.45, 2.75) is 0 Å². The molecule has 29 heavy (non-hydrogen) atoms. The Kier molecular flexibility index (Phi) is 6.50. The quantitative estimate of drug-likeness (QED) is 0.770. The lowest BCUT2D eigenvalue weighted by molar-refractivity contribution is -0.114. The van der Waals surface area contributed by atoms with Crippen LogP contribution in [0.5, 0.6) is 0 Å². The standard InChI is InChI=1S/C20H23N3O5S/c1-29(26,27)23(15-19(24)21-17-5-3-2-4-6-17)18-9-7-16(8-10-18)20(25)22-11-13-28-14-12-22/h2-10H,11-15H2,1H3,(H,21,24). The van der Waals surface area contributed by atoms with Gasteiger partial charge >= 0.3 is 0 Å². The predicted molar refractivity (Wildman–Crippen MR) is 110 cm³/mol. The molecular formula is C20H23N3O5S. The SMILES string of the molecule is CS(=O)(=O)N(CC(=O)Nc1ccccc1)c1ccc(C(=O)N2CCOCC2)cc1. The highest BCUT2D eigenvalue weighted by molar-refractivity contribution is 7.92. The molecule has 0 atom stereocenters. The van der Waals surface area contributed by atoms with Gasteiger partial charge in [-0.1, -0.05) is 18.2 Å². The normalized spacial score (nSPS) is 14.3. The third-order valence-electron chi connectivity index (χ3n) is 4.45. The van der Waals surface area contributed by atoms with Gasteiger partial charge in [-0.3, -0.25) is 13.9 Å². The fourth-order valence-electron chi connectivity index (χ4n) is 2.97. The van der Waals surface area contributed by atoms with Crippen LogP contribution >= 0.6 is 0 Å². The Morgan fingerprint density at radius 3 is 2.24 bits per heavy atom. The van der Waals surface area contributed by atoms with E-state index in [1.54, 1.807) is 41.3 Å².